The number of hydrogen-bond donors (Lipinski definition) is 1. The van der Waals surface area contributed by atoms with Gasteiger partial charge in [-0.05, 0) is 12.1 Å². The molecule has 0 bridgehead atoms. The van der Waals surface area contributed by atoms with Crippen LogP contribution < -0.4 is 5.43 Å². The van der Waals surface area contributed by atoms with Crippen molar-refractivity contribution in [1.29, 1.82) is 0 Å². The number of halogens is 4. The fourth-order valence-electron chi connectivity index (χ4n) is 1.42. The van der Waals surface area contributed by atoms with Gasteiger partial charge in [-0.15, -0.1) is 0 Å². The lowest BCUT2D eigenvalue weighted by atomic mass is 10.1. The summed E-state index contributed by atoms with van der Waals surface area (Å²) in [7, 11) is 0. The maximum absolute atomic E-state index is 11.9. The Morgan fingerprint density at radius 3 is 2.24 bits per heavy atom. The zero-order valence-electron chi connectivity index (χ0n) is 8.23. The number of pyridine rings is 1. The Morgan fingerprint density at radius 2 is 1.53 bits per heavy atom. The molecule has 1 aromatic heterocycles. The summed E-state index contributed by atoms with van der Waals surface area (Å²) in [4.78, 5) is 14.6. The van der Waals surface area contributed by atoms with Gasteiger partial charge in [0, 0.05) is 23.5 Å². The van der Waals surface area contributed by atoms with E-state index in [2.05, 4.69) is 4.98 Å². The summed E-state index contributed by atoms with van der Waals surface area (Å²) in [6.45, 7) is 0. The predicted molar refractivity (Wildman–Crippen MR) is 72.5 cm³/mol. The van der Waals surface area contributed by atoms with E-state index in [4.69, 9.17) is 46.4 Å². The molecule has 1 aromatic carbocycles. The van der Waals surface area contributed by atoms with E-state index < -0.39 is 0 Å². The van der Waals surface area contributed by atoms with Crippen LogP contribution in [-0.2, 0) is 0 Å². The largest absolute Gasteiger partial charge is 0.366 e. The molecule has 0 aliphatic rings. The van der Waals surface area contributed by atoms with Gasteiger partial charge in [-0.25, -0.2) is 0 Å². The molecular weight excluding hydrogens is 304 g/mol. The summed E-state index contributed by atoms with van der Waals surface area (Å²) in [5.74, 6) is 0. The number of H-pyrrole nitrogens is 1. The average molecular weight is 309 g/mol. The van der Waals surface area contributed by atoms with E-state index in [9.17, 15) is 4.79 Å². The Kier molecular flexibility index (Phi) is 3.69. The van der Waals surface area contributed by atoms with Crippen LogP contribution in [0, 0.1) is 0 Å². The van der Waals surface area contributed by atoms with E-state index in [1.807, 2.05) is 0 Å². The van der Waals surface area contributed by atoms with Crippen molar-refractivity contribution in [3.63, 3.8) is 0 Å². The van der Waals surface area contributed by atoms with Crippen LogP contribution in [0.15, 0.2) is 29.3 Å². The smallest absolute Gasteiger partial charge is 0.208 e. The standard InChI is InChI=1S/C11H5Cl4NO/c12-6-1-2-7(13)10(15)9(6)5-3-16-4-8(14)11(5)17/h1-4H,(H,16,17). The number of benzene rings is 1. The van der Waals surface area contributed by atoms with Crippen molar-refractivity contribution < 1.29 is 0 Å². The Morgan fingerprint density at radius 1 is 0.882 bits per heavy atom. The zero-order valence-corrected chi connectivity index (χ0v) is 11.3. The molecule has 2 aromatic rings. The molecule has 0 aliphatic heterocycles. The van der Waals surface area contributed by atoms with Crippen LogP contribution in [0.4, 0.5) is 0 Å². The van der Waals surface area contributed by atoms with Crippen LogP contribution in [0.5, 0.6) is 0 Å². The van der Waals surface area contributed by atoms with E-state index in [1.54, 1.807) is 12.1 Å². The van der Waals surface area contributed by atoms with Gasteiger partial charge in [-0.2, -0.15) is 0 Å². The number of hydrogen-bond acceptors (Lipinski definition) is 1. The van der Waals surface area contributed by atoms with Crippen molar-refractivity contribution in [3.8, 4) is 11.1 Å². The number of rotatable bonds is 1. The van der Waals surface area contributed by atoms with E-state index in [0.29, 0.717) is 15.6 Å². The molecule has 2 nitrogen and oxygen atoms in total. The average Bonchev–Trinajstić information content (AvgIpc) is 2.30. The van der Waals surface area contributed by atoms with Crippen molar-refractivity contribution >= 4 is 46.4 Å². The topological polar surface area (TPSA) is 32.9 Å². The Labute approximate surface area is 117 Å². The van der Waals surface area contributed by atoms with Gasteiger partial charge in [-0.1, -0.05) is 46.4 Å². The van der Waals surface area contributed by atoms with Crippen LogP contribution in [0.1, 0.15) is 0 Å². The first-order valence-electron chi connectivity index (χ1n) is 4.53. The first-order valence-corrected chi connectivity index (χ1v) is 6.04. The zero-order chi connectivity index (χ0) is 12.6. The first kappa shape index (κ1) is 12.8. The third-order valence-corrected chi connectivity index (χ3v) is 3.61. The molecule has 0 radical (unpaired) electrons. The lowest BCUT2D eigenvalue weighted by Gasteiger charge is -2.08. The molecule has 1 heterocycles. The van der Waals surface area contributed by atoms with Crippen molar-refractivity contribution in [2.45, 2.75) is 0 Å². The van der Waals surface area contributed by atoms with Crippen molar-refractivity contribution in [2.24, 2.45) is 0 Å². The van der Waals surface area contributed by atoms with Gasteiger partial charge in [0.2, 0.25) is 5.43 Å². The summed E-state index contributed by atoms with van der Waals surface area (Å²) in [5, 5.41) is 0.958. The van der Waals surface area contributed by atoms with E-state index in [0.717, 1.165) is 0 Å². The van der Waals surface area contributed by atoms with E-state index in [1.165, 1.54) is 12.4 Å². The third-order valence-electron chi connectivity index (χ3n) is 2.21. The van der Waals surface area contributed by atoms with Gasteiger partial charge in [-0.3, -0.25) is 4.79 Å². The SMILES string of the molecule is O=c1c(Cl)c[nH]cc1-c1c(Cl)ccc(Cl)c1Cl. The van der Waals surface area contributed by atoms with Crippen molar-refractivity contribution in [2.75, 3.05) is 0 Å². The van der Waals surface area contributed by atoms with Gasteiger partial charge >= 0.3 is 0 Å². The van der Waals surface area contributed by atoms with Crippen molar-refractivity contribution in [3.05, 3.63) is 54.8 Å². The minimum absolute atomic E-state index is 0.0645. The number of nitrogens with one attached hydrogen (secondary N) is 1. The third kappa shape index (κ3) is 2.31. The Hall–Kier alpha value is -0.670. The lowest BCUT2D eigenvalue weighted by molar-refractivity contribution is 1.30. The van der Waals surface area contributed by atoms with Gasteiger partial charge in [0.25, 0.3) is 0 Å². The van der Waals surface area contributed by atoms with Crippen LogP contribution >= 0.6 is 46.4 Å². The van der Waals surface area contributed by atoms with Gasteiger partial charge in [0.15, 0.2) is 0 Å². The molecule has 6 heteroatoms. The molecule has 0 unspecified atom stereocenters. The molecule has 0 spiro atoms. The molecule has 0 atom stereocenters. The highest BCUT2D eigenvalue weighted by Crippen LogP contribution is 2.37. The van der Waals surface area contributed by atoms with Crippen LogP contribution in [0.25, 0.3) is 11.1 Å². The highest BCUT2D eigenvalue weighted by atomic mass is 35.5. The van der Waals surface area contributed by atoms with Crippen LogP contribution in [-0.4, -0.2) is 4.98 Å². The summed E-state index contributed by atoms with van der Waals surface area (Å²) in [6, 6.07) is 3.14. The second-order valence-corrected chi connectivity index (χ2v) is 4.86. The predicted octanol–water partition coefficient (Wildman–Crippen LogP) is 4.66. The fourth-order valence-corrected chi connectivity index (χ4v) is 2.31. The molecular formula is C11H5Cl4NO. The minimum Gasteiger partial charge on any atom is -0.366 e. The molecule has 2 rings (SSSR count). The fraction of sp³-hybridized carbons (Fsp3) is 0. The Bertz CT molecular complexity index is 636. The highest BCUT2D eigenvalue weighted by molar-refractivity contribution is 6.46. The normalized spacial score (nSPS) is 10.6. The second-order valence-electron chi connectivity index (χ2n) is 3.26. The second kappa shape index (κ2) is 4.91. The highest BCUT2D eigenvalue weighted by Gasteiger charge is 2.15. The molecule has 17 heavy (non-hydrogen) atoms. The van der Waals surface area contributed by atoms with E-state index >= 15 is 0 Å². The maximum Gasteiger partial charge on any atom is 0.208 e. The van der Waals surface area contributed by atoms with Gasteiger partial charge < -0.3 is 4.98 Å². The number of aromatic nitrogens is 1. The molecule has 0 aliphatic carbocycles. The Balaban J connectivity index is 2.82. The quantitative estimate of drug-likeness (QED) is 0.764. The molecule has 88 valence electrons. The first-order chi connectivity index (χ1) is 8.02. The van der Waals surface area contributed by atoms with Crippen LogP contribution in [0.3, 0.4) is 0 Å². The molecule has 0 saturated heterocycles. The summed E-state index contributed by atoms with van der Waals surface area (Å²) < 4.78 is 0. The lowest BCUT2D eigenvalue weighted by Crippen LogP contribution is -2.06. The molecule has 0 saturated carbocycles. The molecule has 1 N–H and O–H groups in total. The molecule has 0 fully saturated rings. The maximum atomic E-state index is 11.9. The summed E-state index contributed by atoms with van der Waals surface area (Å²) in [6.07, 6.45) is 2.87. The van der Waals surface area contributed by atoms with Gasteiger partial charge in [0.05, 0.1) is 15.1 Å². The summed E-state index contributed by atoms with van der Waals surface area (Å²) in [5.41, 5.74) is 0.316. The summed E-state index contributed by atoms with van der Waals surface area (Å²) >= 11 is 23.7. The minimum atomic E-state index is -0.350. The van der Waals surface area contributed by atoms with Gasteiger partial charge in [0.1, 0.15) is 5.02 Å². The van der Waals surface area contributed by atoms with E-state index in [-0.39, 0.29) is 21.0 Å². The molecule has 0 amide bonds. The van der Waals surface area contributed by atoms with Crippen molar-refractivity contribution in [1.82, 2.24) is 4.98 Å². The number of aromatic amines is 1. The van der Waals surface area contributed by atoms with Crippen LogP contribution in [0.2, 0.25) is 20.1 Å². The monoisotopic (exact) mass is 307 g/mol.